The van der Waals surface area contributed by atoms with Crippen LogP contribution in [0.4, 0.5) is 0 Å². The lowest BCUT2D eigenvalue weighted by Crippen LogP contribution is -2.46. The fourth-order valence-corrected chi connectivity index (χ4v) is 3.39. The zero-order valence-corrected chi connectivity index (χ0v) is 14.6. The van der Waals surface area contributed by atoms with Crippen molar-refractivity contribution in [3.8, 4) is 0 Å². The van der Waals surface area contributed by atoms with Crippen LogP contribution < -0.4 is 5.32 Å². The molecule has 1 amide bonds. The summed E-state index contributed by atoms with van der Waals surface area (Å²) in [4.78, 5) is 12.2. The van der Waals surface area contributed by atoms with Gasteiger partial charge in [0.05, 0.1) is 5.60 Å². The number of carbonyl (C=O) groups is 1. The number of aliphatic hydroxyl groups is 1. The summed E-state index contributed by atoms with van der Waals surface area (Å²) in [6.07, 6.45) is 3.49. The van der Waals surface area contributed by atoms with Gasteiger partial charge in [0.15, 0.2) is 0 Å². The van der Waals surface area contributed by atoms with Gasteiger partial charge >= 0.3 is 0 Å². The maximum absolute atomic E-state index is 12.2. The molecule has 4 heteroatoms. The molecule has 2 rings (SSSR count). The topological polar surface area (TPSA) is 49.3 Å². The molecule has 0 radical (unpaired) electrons. The van der Waals surface area contributed by atoms with Crippen molar-refractivity contribution < 1.29 is 9.90 Å². The van der Waals surface area contributed by atoms with Crippen LogP contribution in [0.15, 0.2) is 22.7 Å². The van der Waals surface area contributed by atoms with Crippen LogP contribution in [0.2, 0.25) is 0 Å². The number of carbonyl (C=O) groups excluding carboxylic acids is 1. The van der Waals surface area contributed by atoms with Gasteiger partial charge in [0.25, 0.3) is 5.91 Å². The monoisotopic (exact) mass is 353 g/mol. The molecule has 0 heterocycles. The Morgan fingerprint density at radius 3 is 2.43 bits per heavy atom. The zero-order chi connectivity index (χ0) is 15.7. The highest BCUT2D eigenvalue weighted by Crippen LogP contribution is 2.39. The quantitative estimate of drug-likeness (QED) is 0.867. The first kappa shape index (κ1) is 16.5. The van der Waals surface area contributed by atoms with Gasteiger partial charge in [-0.2, -0.15) is 0 Å². The Balaban J connectivity index is 1.95. The minimum atomic E-state index is -0.758. The Morgan fingerprint density at radius 2 is 1.86 bits per heavy atom. The molecule has 21 heavy (non-hydrogen) atoms. The summed E-state index contributed by atoms with van der Waals surface area (Å²) < 4.78 is 0.894. The molecular weight excluding hydrogens is 330 g/mol. The molecule has 1 aliphatic rings. The Labute approximate surface area is 135 Å². The average Bonchev–Trinajstić information content (AvgIpc) is 2.39. The molecular formula is C17H24BrNO2. The van der Waals surface area contributed by atoms with E-state index in [-0.39, 0.29) is 5.91 Å². The summed E-state index contributed by atoms with van der Waals surface area (Å²) >= 11 is 3.40. The molecule has 1 aliphatic carbocycles. The Hall–Kier alpha value is -0.870. The second kappa shape index (κ2) is 6.09. The molecule has 116 valence electrons. The number of benzene rings is 1. The standard InChI is InChI=1S/C17H24BrNO2/c1-12-8-13(10-14(18)9-12)15(20)19-11-17(21)6-4-16(2,3)5-7-17/h8-10,21H,4-7,11H2,1-3H3,(H,19,20). The number of hydrogen-bond donors (Lipinski definition) is 2. The van der Waals surface area contributed by atoms with E-state index in [1.807, 2.05) is 19.1 Å². The number of nitrogens with one attached hydrogen (secondary N) is 1. The first-order valence-electron chi connectivity index (χ1n) is 7.47. The van der Waals surface area contributed by atoms with Gasteiger partial charge in [-0.05, 0) is 61.8 Å². The van der Waals surface area contributed by atoms with Gasteiger partial charge < -0.3 is 10.4 Å². The summed E-state index contributed by atoms with van der Waals surface area (Å²) in [6.45, 7) is 6.75. The predicted octanol–water partition coefficient (Wildman–Crippen LogP) is 3.82. The maximum Gasteiger partial charge on any atom is 0.251 e. The van der Waals surface area contributed by atoms with Gasteiger partial charge in [0.2, 0.25) is 0 Å². The van der Waals surface area contributed by atoms with E-state index in [1.165, 1.54) is 0 Å². The van der Waals surface area contributed by atoms with E-state index in [0.717, 1.165) is 35.7 Å². The first-order chi connectivity index (χ1) is 9.69. The third-order valence-corrected chi connectivity index (χ3v) is 4.87. The molecule has 0 unspecified atom stereocenters. The van der Waals surface area contributed by atoms with E-state index in [2.05, 4.69) is 35.1 Å². The molecule has 1 aromatic rings. The van der Waals surface area contributed by atoms with Gasteiger partial charge in [-0.1, -0.05) is 29.8 Å². The molecule has 0 atom stereocenters. The predicted molar refractivity (Wildman–Crippen MR) is 88.4 cm³/mol. The van der Waals surface area contributed by atoms with E-state index in [4.69, 9.17) is 0 Å². The highest BCUT2D eigenvalue weighted by molar-refractivity contribution is 9.10. The fraction of sp³-hybridized carbons (Fsp3) is 0.588. The fourth-order valence-electron chi connectivity index (χ4n) is 2.78. The Bertz CT molecular complexity index is 509. The van der Waals surface area contributed by atoms with Crippen molar-refractivity contribution in [2.24, 2.45) is 5.41 Å². The average molecular weight is 354 g/mol. The van der Waals surface area contributed by atoms with Crippen LogP contribution in [0.25, 0.3) is 0 Å². The van der Waals surface area contributed by atoms with Crippen LogP contribution in [0, 0.1) is 12.3 Å². The lowest BCUT2D eigenvalue weighted by molar-refractivity contribution is -0.0233. The molecule has 1 saturated carbocycles. The van der Waals surface area contributed by atoms with Crippen LogP contribution in [-0.4, -0.2) is 23.2 Å². The number of amides is 1. The highest BCUT2D eigenvalue weighted by Gasteiger charge is 2.36. The molecule has 3 nitrogen and oxygen atoms in total. The van der Waals surface area contributed by atoms with Crippen molar-refractivity contribution in [3.05, 3.63) is 33.8 Å². The van der Waals surface area contributed by atoms with Gasteiger partial charge in [0, 0.05) is 16.6 Å². The van der Waals surface area contributed by atoms with Gasteiger partial charge in [-0.15, -0.1) is 0 Å². The van der Waals surface area contributed by atoms with E-state index >= 15 is 0 Å². The minimum Gasteiger partial charge on any atom is -0.388 e. The Kier molecular flexibility index (Phi) is 4.79. The van der Waals surface area contributed by atoms with E-state index < -0.39 is 5.60 Å². The smallest absolute Gasteiger partial charge is 0.251 e. The summed E-state index contributed by atoms with van der Waals surface area (Å²) in [7, 11) is 0. The van der Waals surface area contributed by atoms with Crippen molar-refractivity contribution >= 4 is 21.8 Å². The molecule has 1 aromatic carbocycles. The van der Waals surface area contributed by atoms with Crippen molar-refractivity contribution in [1.82, 2.24) is 5.32 Å². The van der Waals surface area contributed by atoms with Crippen LogP contribution in [0.3, 0.4) is 0 Å². The van der Waals surface area contributed by atoms with Gasteiger partial charge in [0.1, 0.15) is 0 Å². The number of aryl methyl sites for hydroxylation is 1. The van der Waals surface area contributed by atoms with Crippen LogP contribution in [-0.2, 0) is 0 Å². The molecule has 0 aliphatic heterocycles. The molecule has 0 bridgehead atoms. The molecule has 0 aromatic heterocycles. The lowest BCUT2D eigenvalue weighted by atomic mass is 9.71. The number of hydrogen-bond acceptors (Lipinski definition) is 2. The van der Waals surface area contributed by atoms with Crippen LogP contribution in [0.1, 0.15) is 55.5 Å². The number of rotatable bonds is 3. The van der Waals surface area contributed by atoms with Crippen molar-refractivity contribution in [1.29, 1.82) is 0 Å². The van der Waals surface area contributed by atoms with Crippen molar-refractivity contribution in [2.45, 2.75) is 52.1 Å². The molecule has 0 saturated heterocycles. The highest BCUT2D eigenvalue weighted by atomic mass is 79.9. The summed E-state index contributed by atoms with van der Waals surface area (Å²) in [5.41, 5.74) is 1.21. The Morgan fingerprint density at radius 1 is 1.24 bits per heavy atom. The third kappa shape index (κ3) is 4.55. The first-order valence-corrected chi connectivity index (χ1v) is 8.26. The van der Waals surface area contributed by atoms with E-state index in [9.17, 15) is 9.90 Å². The van der Waals surface area contributed by atoms with Gasteiger partial charge in [-0.25, -0.2) is 0 Å². The summed E-state index contributed by atoms with van der Waals surface area (Å²) in [6, 6.07) is 5.62. The summed E-state index contributed by atoms with van der Waals surface area (Å²) in [5, 5.41) is 13.5. The van der Waals surface area contributed by atoms with Crippen LogP contribution >= 0.6 is 15.9 Å². The van der Waals surface area contributed by atoms with Gasteiger partial charge in [-0.3, -0.25) is 4.79 Å². The second-order valence-electron chi connectivity index (χ2n) is 7.09. The number of halogens is 1. The van der Waals surface area contributed by atoms with Crippen LogP contribution in [0.5, 0.6) is 0 Å². The van der Waals surface area contributed by atoms with E-state index in [1.54, 1.807) is 6.07 Å². The third-order valence-electron chi connectivity index (χ3n) is 4.42. The second-order valence-corrected chi connectivity index (χ2v) is 8.00. The van der Waals surface area contributed by atoms with Crippen molar-refractivity contribution in [3.63, 3.8) is 0 Å². The summed E-state index contributed by atoms with van der Waals surface area (Å²) in [5.74, 6) is -0.127. The SMILES string of the molecule is Cc1cc(Br)cc(C(=O)NCC2(O)CCC(C)(C)CC2)c1. The maximum atomic E-state index is 12.2. The molecule has 0 spiro atoms. The van der Waals surface area contributed by atoms with Crippen molar-refractivity contribution in [2.75, 3.05) is 6.54 Å². The molecule has 1 fully saturated rings. The largest absolute Gasteiger partial charge is 0.388 e. The lowest BCUT2D eigenvalue weighted by Gasteiger charge is -2.40. The minimum absolute atomic E-state index is 0.127. The zero-order valence-electron chi connectivity index (χ0n) is 13.0. The normalized spacial score (nSPS) is 20.0. The molecule has 2 N–H and O–H groups in total. The van der Waals surface area contributed by atoms with E-state index in [0.29, 0.717) is 17.5 Å².